The van der Waals surface area contributed by atoms with Gasteiger partial charge < -0.3 is 10.6 Å². The summed E-state index contributed by atoms with van der Waals surface area (Å²) in [4.78, 5) is 12.4. The molecule has 2 atom stereocenters. The number of aryl methyl sites for hydroxylation is 1. The van der Waals surface area contributed by atoms with Crippen molar-refractivity contribution in [1.82, 2.24) is 5.32 Å². The average molecular weight is 288 g/mol. The third kappa shape index (κ3) is 4.48. The minimum absolute atomic E-state index is 0.0687. The predicted molar refractivity (Wildman–Crippen MR) is 88.8 cm³/mol. The molecule has 0 bridgehead atoms. The second-order valence-electron chi connectivity index (χ2n) is 6.40. The van der Waals surface area contributed by atoms with Gasteiger partial charge in [0.05, 0.1) is 0 Å². The fourth-order valence-corrected chi connectivity index (χ4v) is 3.10. The molecule has 1 aliphatic rings. The number of rotatable bonds is 5. The van der Waals surface area contributed by atoms with Crippen LogP contribution in [0.15, 0.2) is 18.2 Å². The Balaban J connectivity index is 1.97. The lowest BCUT2D eigenvalue weighted by Gasteiger charge is -2.27. The van der Waals surface area contributed by atoms with Crippen LogP contribution in [0.5, 0.6) is 0 Å². The molecule has 1 aromatic rings. The molecule has 0 spiro atoms. The van der Waals surface area contributed by atoms with Gasteiger partial charge in [-0.1, -0.05) is 26.7 Å². The van der Waals surface area contributed by atoms with E-state index in [2.05, 4.69) is 31.4 Å². The van der Waals surface area contributed by atoms with Crippen molar-refractivity contribution in [3.63, 3.8) is 0 Å². The number of anilines is 1. The van der Waals surface area contributed by atoms with Crippen LogP contribution in [0, 0.1) is 12.8 Å². The maximum atomic E-state index is 12.4. The number of amides is 1. The van der Waals surface area contributed by atoms with Crippen molar-refractivity contribution >= 4 is 11.6 Å². The van der Waals surface area contributed by atoms with Crippen LogP contribution in [0.2, 0.25) is 0 Å². The van der Waals surface area contributed by atoms with E-state index in [0.29, 0.717) is 6.04 Å². The number of nitrogens with one attached hydrogen (secondary N) is 2. The van der Waals surface area contributed by atoms with Gasteiger partial charge >= 0.3 is 0 Å². The summed E-state index contributed by atoms with van der Waals surface area (Å²) in [5, 5.41) is 6.58. The molecule has 0 heterocycles. The van der Waals surface area contributed by atoms with E-state index >= 15 is 0 Å². The van der Waals surface area contributed by atoms with Gasteiger partial charge in [-0.3, -0.25) is 4.79 Å². The predicted octanol–water partition coefficient (Wildman–Crippen LogP) is 4.13. The van der Waals surface area contributed by atoms with E-state index in [1.54, 1.807) is 0 Å². The van der Waals surface area contributed by atoms with Gasteiger partial charge in [-0.15, -0.1) is 0 Å². The highest BCUT2D eigenvalue weighted by Gasteiger charge is 2.21. The summed E-state index contributed by atoms with van der Waals surface area (Å²) in [6.45, 7) is 7.44. The van der Waals surface area contributed by atoms with Gasteiger partial charge in [0, 0.05) is 23.8 Å². The minimum Gasteiger partial charge on any atom is -0.385 e. The third-order valence-corrected chi connectivity index (χ3v) is 4.33. The lowest BCUT2D eigenvalue weighted by atomic mass is 9.87. The van der Waals surface area contributed by atoms with Crippen molar-refractivity contribution in [1.29, 1.82) is 0 Å². The van der Waals surface area contributed by atoms with Gasteiger partial charge in [-0.2, -0.15) is 0 Å². The Kier molecular flexibility index (Phi) is 5.66. The second kappa shape index (κ2) is 7.48. The molecule has 2 unspecified atom stereocenters. The zero-order chi connectivity index (χ0) is 15.2. The molecule has 0 radical (unpaired) electrons. The van der Waals surface area contributed by atoms with Gasteiger partial charge in [-0.25, -0.2) is 0 Å². The Bertz CT molecular complexity index is 484. The fraction of sp³-hybridized carbons (Fsp3) is 0.611. The van der Waals surface area contributed by atoms with Gasteiger partial charge in [0.2, 0.25) is 0 Å². The highest BCUT2D eigenvalue weighted by molar-refractivity contribution is 5.95. The Labute approximate surface area is 128 Å². The smallest absolute Gasteiger partial charge is 0.251 e. The zero-order valence-electron chi connectivity index (χ0n) is 13.5. The van der Waals surface area contributed by atoms with Crippen LogP contribution in [0.3, 0.4) is 0 Å². The molecule has 0 saturated heterocycles. The highest BCUT2D eigenvalue weighted by atomic mass is 16.1. The number of hydrogen-bond acceptors (Lipinski definition) is 2. The molecule has 1 saturated carbocycles. The van der Waals surface area contributed by atoms with Crippen molar-refractivity contribution in [2.75, 3.05) is 11.9 Å². The summed E-state index contributed by atoms with van der Waals surface area (Å²) in [5.74, 6) is 0.797. The Hall–Kier alpha value is -1.51. The van der Waals surface area contributed by atoms with Crippen LogP contribution in [-0.4, -0.2) is 18.5 Å². The molecule has 1 amide bonds. The van der Waals surface area contributed by atoms with E-state index in [4.69, 9.17) is 0 Å². The molecule has 1 fully saturated rings. The molecule has 0 aliphatic heterocycles. The normalized spacial score (nSPS) is 21.9. The summed E-state index contributed by atoms with van der Waals surface area (Å²) < 4.78 is 0. The van der Waals surface area contributed by atoms with Gasteiger partial charge in [0.15, 0.2) is 0 Å². The zero-order valence-corrected chi connectivity index (χ0v) is 13.5. The van der Waals surface area contributed by atoms with E-state index in [0.717, 1.165) is 48.5 Å². The van der Waals surface area contributed by atoms with Crippen LogP contribution < -0.4 is 10.6 Å². The van der Waals surface area contributed by atoms with Crippen LogP contribution in [-0.2, 0) is 0 Å². The quantitative estimate of drug-likeness (QED) is 0.855. The molecule has 3 heteroatoms. The number of carbonyl (C=O) groups excluding carboxylic acids is 1. The lowest BCUT2D eigenvalue weighted by molar-refractivity contribution is 0.0921. The molecule has 21 heavy (non-hydrogen) atoms. The van der Waals surface area contributed by atoms with E-state index in [1.165, 1.54) is 12.8 Å². The Morgan fingerprint density at radius 2 is 2.14 bits per heavy atom. The van der Waals surface area contributed by atoms with E-state index in [9.17, 15) is 4.79 Å². The highest BCUT2D eigenvalue weighted by Crippen LogP contribution is 2.24. The summed E-state index contributed by atoms with van der Waals surface area (Å²) in [6, 6.07) is 6.27. The maximum Gasteiger partial charge on any atom is 0.251 e. The maximum absolute atomic E-state index is 12.4. The molecule has 116 valence electrons. The summed E-state index contributed by atoms with van der Waals surface area (Å²) in [7, 11) is 0. The monoisotopic (exact) mass is 288 g/mol. The van der Waals surface area contributed by atoms with Crippen molar-refractivity contribution in [2.45, 2.75) is 58.9 Å². The van der Waals surface area contributed by atoms with Crippen LogP contribution >= 0.6 is 0 Å². The third-order valence-electron chi connectivity index (χ3n) is 4.33. The minimum atomic E-state index is 0.0687. The van der Waals surface area contributed by atoms with E-state index < -0.39 is 0 Å². The van der Waals surface area contributed by atoms with Crippen molar-refractivity contribution in [2.24, 2.45) is 5.92 Å². The van der Waals surface area contributed by atoms with Crippen LogP contribution in [0.25, 0.3) is 0 Å². The van der Waals surface area contributed by atoms with Crippen LogP contribution in [0.4, 0.5) is 5.69 Å². The number of carbonyl (C=O) groups is 1. The second-order valence-corrected chi connectivity index (χ2v) is 6.40. The number of hydrogen-bond donors (Lipinski definition) is 2. The summed E-state index contributed by atoms with van der Waals surface area (Å²) >= 11 is 0. The SMILES string of the molecule is CCCNc1ccc(C(=O)NC2CCCC(C)C2)cc1C. The van der Waals surface area contributed by atoms with Gasteiger partial charge in [-0.05, 0) is 55.9 Å². The topological polar surface area (TPSA) is 41.1 Å². The first-order valence-corrected chi connectivity index (χ1v) is 8.25. The first-order chi connectivity index (χ1) is 10.1. The molecular weight excluding hydrogens is 260 g/mol. The molecule has 2 N–H and O–H groups in total. The van der Waals surface area contributed by atoms with E-state index in [1.807, 2.05) is 18.2 Å². The van der Waals surface area contributed by atoms with Crippen molar-refractivity contribution in [3.8, 4) is 0 Å². The molecule has 1 aromatic carbocycles. The first-order valence-electron chi connectivity index (χ1n) is 8.25. The standard InChI is InChI=1S/C18H28N2O/c1-4-10-19-17-9-8-15(12-14(17)3)18(21)20-16-7-5-6-13(2)11-16/h8-9,12-13,16,19H,4-7,10-11H2,1-3H3,(H,20,21). The van der Waals surface area contributed by atoms with Gasteiger partial charge in [0.1, 0.15) is 0 Å². The molecule has 3 nitrogen and oxygen atoms in total. The van der Waals surface area contributed by atoms with Crippen LogP contribution in [0.1, 0.15) is 61.9 Å². The fourth-order valence-electron chi connectivity index (χ4n) is 3.10. The average Bonchev–Trinajstić information content (AvgIpc) is 2.46. The molecule has 0 aromatic heterocycles. The van der Waals surface area contributed by atoms with E-state index in [-0.39, 0.29) is 5.91 Å². The first kappa shape index (κ1) is 15.9. The molecule has 2 rings (SSSR count). The molecule has 1 aliphatic carbocycles. The molecular formula is C18H28N2O. The van der Waals surface area contributed by atoms with Crippen molar-refractivity contribution in [3.05, 3.63) is 29.3 Å². The van der Waals surface area contributed by atoms with Gasteiger partial charge in [0.25, 0.3) is 5.91 Å². The summed E-state index contributed by atoms with van der Waals surface area (Å²) in [6.07, 6.45) is 5.85. The Morgan fingerprint density at radius 1 is 1.33 bits per heavy atom. The lowest BCUT2D eigenvalue weighted by Crippen LogP contribution is -2.38. The number of benzene rings is 1. The van der Waals surface area contributed by atoms with Crippen molar-refractivity contribution < 1.29 is 4.79 Å². The Morgan fingerprint density at radius 3 is 2.81 bits per heavy atom. The largest absolute Gasteiger partial charge is 0.385 e. The summed E-state index contributed by atoms with van der Waals surface area (Å²) in [5.41, 5.74) is 3.03.